The second-order valence-electron chi connectivity index (χ2n) is 10.9. The summed E-state index contributed by atoms with van der Waals surface area (Å²) in [5.41, 5.74) is 3.65. The van der Waals surface area contributed by atoms with E-state index in [1.54, 1.807) is 0 Å². The maximum atomic E-state index is 12.3. The summed E-state index contributed by atoms with van der Waals surface area (Å²) in [5, 5.41) is 3.17. The summed E-state index contributed by atoms with van der Waals surface area (Å²) in [6.45, 7) is 6.91. The first-order valence-corrected chi connectivity index (χ1v) is 14.6. The van der Waals surface area contributed by atoms with Gasteiger partial charge in [0.1, 0.15) is 11.6 Å². The smallest absolute Gasteiger partial charge is 0.223 e. The number of carbonyl (C=O) groups is 1. The molecule has 4 rings (SSSR count). The maximum Gasteiger partial charge on any atom is 0.223 e. The highest BCUT2D eigenvalue weighted by Gasteiger charge is 2.20. The molecular weight excluding hydrogens is 458 g/mol. The van der Waals surface area contributed by atoms with E-state index in [0.29, 0.717) is 5.92 Å². The van der Waals surface area contributed by atoms with Crippen molar-refractivity contribution >= 4 is 16.9 Å². The third-order valence-electron chi connectivity index (χ3n) is 7.68. The minimum atomic E-state index is 0.254. The molecule has 0 unspecified atom stereocenters. The van der Waals surface area contributed by atoms with Gasteiger partial charge in [-0.1, -0.05) is 63.8 Å². The summed E-state index contributed by atoms with van der Waals surface area (Å²) in [5.74, 6) is 3.20. The maximum absolute atomic E-state index is 12.3. The molecule has 0 bridgehead atoms. The van der Waals surface area contributed by atoms with Crippen molar-refractivity contribution in [1.29, 1.82) is 0 Å². The zero-order valence-electron chi connectivity index (χ0n) is 22.9. The molecule has 200 valence electrons. The molecule has 1 aliphatic carbocycles. The standard InChI is InChI=1S/C32H45N3O2/c1-25(2)26-18-20-28(21-19-26)37-24-12-11-23-35-30-16-9-8-15-29(30)34-31(35)17-7-4-10-22-33-32(36)27-13-5-3-6-14-27/h8-9,15-16,18-21,25,27H,3-7,10-14,17,22-24H2,1-2H3,(H,33,36). The Morgan fingerprint density at radius 1 is 0.973 bits per heavy atom. The number of nitrogens with zero attached hydrogens (tertiary/aromatic N) is 2. The molecule has 2 aromatic carbocycles. The molecule has 0 spiro atoms. The molecule has 1 fully saturated rings. The molecule has 1 aromatic heterocycles. The number of ether oxygens (including phenoxy) is 1. The Hall–Kier alpha value is -2.82. The average Bonchev–Trinajstić information content (AvgIpc) is 3.28. The third-order valence-corrected chi connectivity index (χ3v) is 7.68. The molecule has 1 heterocycles. The van der Waals surface area contributed by atoms with Crippen molar-refractivity contribution in [2.45, 2.75) is 96.9 Å². The van der Waals surface area contributed by atoms with Crippen LogP contribution in [0.3, 0.4) is 0 Å². The summed E-state index contributed by atoms with van der Waals surface area (Å²) in [6, 6.07) is 16.9. The van der Waals surface area contributed by atoms with Crippen LogP contribution >= 0.6 is 0 Å². The van der Waals surface area contributed by atoms with Crippen molar-refractivity contribution in [1.82, 2.24) is 14.9 Å². The zero-order valence-corrected chi connectivity index (χ0v) is 22.9. The monoisotopic (exact) mass is 503 g/mol. The SMILES string of the molecule is CC(C)c1ccc(OCCCCn2c(CCCCCNC(=O)C3CCCCC3)nc3ccccc32)cc1. The molecule has 1 aliphatic rings. The van der Waals surface area contributed by atoms with Crippen LogP contribution in [0.2, 0.25) is 0 Å². The Morgan fingerprint density at radius 2 is 1.76 bits per heavy atom. The van der Waals surface area contributed by atoms with E-state index in [4.69, 9.17) is 9.72 Å². The van der Waals surface area contributed by atoms with Crippen LogP contribution < -0.4 is 10.1 Å². The van der Waals surface area contributed by atoms with Crippen LogP contribution in [-0.4, -0.2) is 28.6 Å². The Bertz CT molecular complexity index is 1100. The van der Waals surface area contributed by atoms with Crippen LogP contribution in [0.25, 0.3) is 11.0 Å². The number of fused-ring (bicyclic) bond motifs is 1. The van der Waals surface area contributed by atoms with E-state index in [2.05, 4.69) is 72.3 Å². The number of nitrogens with one attached hydrogen (secondary N) is 1. The van der Waals surface area contributed by atoms with Gasteiger partial charge in [-0.25, -0.2) is 4.98 Å². The van der Waals surface area contributed by atoms with Crippen molar-refractivity contribution in [2.75, 3.05) is 13.2 Å². The number of benzene rings is 2. The predicted octanol–water partition coefficient (Wildman–Crippen LogP) is 7.43. The molecule has 5 heteroatoms. The Labute approximate surface area is 223 Å². The number of hydrogen-bond donors (Lipinski definition) is 1. The fourth-order valence-corrected chi connectivity index (χ4v) is 5.38. The number of para-hydroxylation sites is 2. The Kier molecular flexibility index (Phi) is 10.5. The first-order chi connectivity index (χ1) is 18.1. The normalized spacial score (nSPS) is 14.4. The molecule has 1 N–H and O–H groups in total. The number of amides is 1. The quantitative estimate of drug-likeness (QED) is 0.233. The van der Waals surface area contributed by atoms with E-state index in [9.17, 15) is 4.79 Å². The number of unbranched alkanes of at least 4 members (excludes halogenated alkanes) is 3. The highest BCUT2D eigenvalue weighted by Crippen LogP contribution is 2.24. The van der Waals surface area contributed by atoms with Gasteiger partial charge in [0.05, 0.1) is 17.6 Å². The lowest BCUT2D eigenvalue weighted by molar-refractivity contribution is -0.125. The van der Waals surface area contributed by atoms with Gasteiger partial charge in [-0.15, -0.1) is 0 Å². The van der Waals surface area contributed by atoms with Crippen LogP contribution in [0.5, 0.6) is 5.75 Å². The summed E-state index contributed by atoms with van der Waals surface area (Å²) in [4.78, 5) is 17.3. The van der Waals surface area contributed by atoms with Crippen molar-refractivity contribution in [3.63, 3.8) is 0 Å². The van der Waals surface area contributed by atoms with E-state index in [-0.39, 0.29) is 11.8 Å². The van der Waals surface area contributed by atoms with Gasteiger partial charge in [-0.3, -0.25) is 4.79 Å². The Balaban J connectivity index is 1.19. The molecule has 1 saturated carbocycles. The largest absolute Gasteiger partial charge is 0.494 e. The number of aryl methyl sites for hydroxylation is 2. The molecule has 5 nitrogen and oxygen atoms in total. The molecule has 0 radical (unpaired) electrons. The summed E-state index contributed by atoms with van der Waals surface area (Å²) >= 11 is 0. The number of imidazole rings is 1. The molecule has 0 saturated heterocycles. The Morgan fingerprint density at radius 3 is 2.54 bits per heavy atom. The van der Waals surface area contributed by atoms with Gasteiger partial charge in [0.2, 0.25) is 5.91 Å². The average molecular weight is 504 g/mol. The first-order valence-electron chi connectivity index (χ1n) is 14.6. The van der Waals surface area contributed by atoms with Crippen molar-refractivity contribution in [3.8, 4) is 5.75 Å². The predicted molar refractivity (Wildman–Crippen MR) is 152 cm³/mol. The van der Waals surface area contributed by atoms with Crippen LogP contribution in [0.15, 0.2) is 48.5 Å². The van der Waals surface area contributed by atoms with Crippen molar-refractivity contribution < 1.29 is 9.53 Å². The molecule has 0 atom stereocenters. The number of aromatic nitrogens is 2. The van der Waals surface area contributed by atoms with Crippen LogP contribution in [0.1, 0.15) is 95.4 Å². The van der Waals surface area contributed by atoms with E-state index in [1.807, 2.05) is 0 Å². The molecule has 3 aromatic rings. The van der Waals surface area contributed by atoms with E-state index < -0.39 is 0 Å². The van der Waals surface area contributed by atoms with Crippen LogP contribution in [0, 0.1) is 5.92 Å². The number of rotatable bonds is 14. The van der Waals surface area contributed by atoms with Gasteiger partial charge in [0.25, 0.3) is 0 Å². The van der Waals surface area contributed by atoms with Gasteiger partial charge >= 0.3 is 0 Å². The zero-order chi connectivity index (χ0) is 25.9. The van der Waals surface area contributed by atoms with Crippen LogP contribution in [-0.2, 0) is 17.8 Å². The highest BCUT2D eigenvalue weighted by molar-refractivity contribution is 5.78. The molecule has 0 aliphatic heterocycles. The minimum absolute atomic E-state index is 0.254. The van der Waals surface area contributed by atoms with E-state index in [0.717, 1.165) is 82.3 Å². The summed E-state index contributed by atoms with van der Waals surface area (Å²) < 4.78 is 8.38. The lowest BCUT2D eigenvalue weighted by Gasteiger charge is -2.20. The molecule has 37 heavy (non-hydrogen) atoms. The van der Waals surface area contributed by atoms with E-state index >= 15 is 0 Å². The first kappa shape index (κ1) is 27.2. The minimum Gasteiger partial charge on any atom is -0.494 e. The lowest BCUT2D eigenvalue weighted by atomic mass is 9.89. The highest BCUT2D eigenvalue weighted by atomic mass is 16.5. The summed E-state index contributed by atoms with van der Waals surface area (Å²) in [7, 11) is 0. The van der Waals surface area contributed by atoms with E-state index in [1.165, 1.54) is 36.2 Å². The molecule has 1 amide bonds. The number of hydrogen-bond acceptors (Lipinski definition) is 3. The molecular formula is C32H45N3O2. The summed E-state index contributed by atoms with van der Waals surface area (Å²) in [6.07, 6.45) is 12.1. The fourth-order valence-electron chi connectivity index (χ4n) is 5.38. The lowest BCUT2D eigenvalue weighted by Crippen LogP contribution is -2.32. The van der Waals surface area contributed by atoms with Crippen molar-refractivity contribution in [3.05, 3.63) is 59.9 Å². The van der Waals surface area contributed by atoms with Gasteiger partial charge in [-0.2, -0.15) is 0 Å². The second kappa shape index (κ2) is 14.2. The van der Waals surface area contributed by atoms with Crippen LogP contribution in [0.4, 0.5) is 0 Å². The van der Waals surface area contributed by atoms with Gasteiger partial charge in [0, 0.05) is 25.4 Å². The second-order valence-corrected chi connectivity index (χ2v) is 10.9. The van der Waals surface area contributed by atoms with Gasteiger partial charge in [-0.05, 0) is 74.3 Å². The topological polar surface area (TPSA) is 56.1 Å². The van der Waals surface area contributed by atoms with Gasteiger partial charge < -0.3 is 14.6 Å². The fraction of sp³-hybridized carbons (Fsp3) is 0.562. The van der Waals surface area contributed by atoms with Crippen molar-refractivity contribution in [2.24, 2.45) is 5.92 Å². The van der Waals surface area contributed by atoms with Gasteiger partial charge in [0.15, 0.2) is 0 Å². The number of carbonyl (C=O) groups excluding carboxylic acids is 1. The third kappa shape index (κ3) is 8.08.